The van der Waals surface area contributed by atoms with Crippen LogP contribution in [0.25, 0.3) is 0 Å². The summed E-state index contributed by atoms with van der Waals surface area (Å²) in [6.45, 7) is 1.42. The van der Waals surface area contributed by atoms with Gasteiger partial charge in [-0.05, 0) is 50.5 Å². The predicted octanol–water partition coefficient (Wildman–Crippen LogP) is 1.39. The number of amides is 2. The lowest BCUT2D eigenvalue weighted by Gasteiger charge is -2.35. The van der Waals surface area contributed by atoms with Crippen LogP contribution >= 0.6 is 0 Å². The lowest BCUT2D eigenvalue weighted by atomic mass is 9.80. The highest BCUT2D eigenvalue weighted by atomic mass is 19.1. The first-order valence-corrected chi connectivity index (χ1v) is 10.4. The number of fused-ring (bicyclic) bond motifs is 1. The molecule has 4 N–H and O–H groups in total. The van der Waals surface area contributed by atoms with Crippen molar-refractivity contribution < 1.29 is 18.7 Å². The summed E-state index contributed by atoms with van der Waals surface area (Å²) in [5.74, 6) is 0.916. The summed E-state index contributed by atoms with van der Waals surface area (Å²) < 4.78 is 18.8. The second kappa shape index (κ2) is 8.31. The Kier molecular flexibility index (Phi) is 5.82. The van der Waals surface area contributed by atoms with Crippen molar-refractivity contribution in [1.29, 1.82) is 0 Å². The minimum absolute atomic E-state index is 0.00370. The average molecular weight is 382 g/mol. The Hall–Kier alpha value is -1.41. The highest BCUT2D eigenvalue weighted by Crippen LogP contribution is 2.33. The van der Waals surface area contributed by atoms with Crippen LogP contribution in [0.5, 0.6) is 0 Å². The van der Waals surface area contributed by atoms with E-state index in [4.69, 9.17) is 4.74 Å². The second-order valence-electron chi connectivity index (χ2n) is 8.69. The van der Waals surface area contributed by atoms with Crippen LogP contribution in [0.15, 0.2) is 0 Å². The fraction of sp³-hybridized carbons (Fsp3) is 0.895. The molecule has 0 bridgehead atoms. The van der Waals surface area contributed by atoms with Gasteiger partial charge in [-0.2, -0.15) is 0 Å². The molecule has 3 saturated heterocycles. The standard InChI is InChI=1S/C19H31FN4O3/c20-14-3-1-2-11(7-14)6-12-4-5-16(21-9-12)23-18(25)13-8-15-17(22-10-13)24-19(26)27-15/h11-17,21-22H,1-10H2,(H,23,25)(H,24,26). The van der Waals surface area contributed by atoms with Crippen LogP contribution in [0.1, 0.15) is 51.4 Å². The van der Waals surface area contributed by atoms with Crippen molar-refractivity contribution in [3.8, 4) is 0 Å². The Bertz CT molecular complexity index is 555. The molecule has 3 heterocycles. The molecule has 4 fully saturated rings. The lowest BCUT2D eigenvalue weighted by Crippen LogP contribution is -2.57. The number of halogens is 1. The first kappa shape index (κ1) is 18.9. The van der Waals surface area contributed by atoms with E-state index < -0.39 is 12.3 Å². The normalized spacial score (nSPS) is 42.0. The smallest absolute Gasteiger partial charge is 0.408 e. The molecule has 8 heteroatoms. The van der Waals surface area contributed by atoms with E-state index in [9.17, 15) is 14.0 Å². The molecule has 1 aliphatic carbocycles. The van der Waals surface area contributed by atoms with Gasteiger partial charge in [-0.1, -0.05) is 12.8 Å². The first-order chi connectivity index (χ1) is 13.1. The molecule has 0 aromatic heterocycles. The Balaban J connectivity index is 1.18. The third-order valence-electron chi connectivity index (χ3n) is 6.59. The largest absolute Gasteiger partial charge is 0.443 e. The number of alkyl halides is 1. The van der Waals surface area contributed by atoms with Crippen molar-refractivity contribution >= 4 is 12.0 Å². The summed E-state index contributed by atoms with van der Waals surface area (Å²) in [6, 6.07) is 0. The zero-order chi connectivity index (χ0) is 18.8. The summed E-state index contributed by atoms with van der Waals surface area (Å²) in [7, 11) is 0. The summed E-state index contributed by atoms with van der Waals surface area (Å²) >= 11 is 0. The number of piperidine rings is 2. The van der Waals surface area contributed by atoms with E-state index in [1.165, 1.54) is 0 Å². The molecule has 27 heavy (non-hydrogen) atoms. The van der Waals surface area contributed by atoms with Crippen LogP contribution < -0.4 is 21.3 Å². The van der Waals surface area contributed by atoms with Crippen LogP contribution in [-0.4, -0.2) is 49.7 Å². The average Bonchev–Trinajstić information content (AvgIpc) is 3.02. The maximum Gasteiger partial charge on any atom is 0.408 e. The van der Waals surface area contributed by atoms with Crippen molar-refractivity contribution in [1.82, 2.24) is 21.3 Å². The van der Waals surface area contributed by atoms with E-state index >= 15 is 0 Å². The summed E-state index contributed by atoms with van der Waals surface area (Å²) in [5, 5.41) is 12.4. The van der Waals surface area contributed by atoms with E-state index in [0.29, 0.717) is 24.8 Å². The molecule has 2 amide bonds. The van der Waals surface area contributed by atoms with E-state index in [-0.39, 0.29) is 30.3 Å². The molecule has 0 spiro atoms. The number of hydrogen-bond acceptors (Lipinski definition) is 5. The number of hydrogen-bond donors (Lipinski definition) is 4. The van der Waals surface area contributed by atoms with Gasteiger partial charge in [0.2, 0.25) is 5.91 Å². The Morgan fingerprint density at radius 3 is 2.78 bits per heavy atom. The number of ether oxygens (including phenoxy) is 1. The third kappa shape index (κ3) is 4.71. The topological polar surface area (TPSA) is 91.5 Å². The van der Waals surface area contributed by atoms with Crippen molar-refractivity contribution in [2.75, 3.05) is 13.1 Å². The zero-order valence-corrected chi connectivity index (χ0v) is 15.7. The molecule has 0 aromatic carbocycles. The molecule has 152 valence electrons. The highest BCUT2D eigenvalue weighted by Gasteiger charge is 2.41. The van der Waals surface area contributed by atoms with Crippen molar-refractivity contribution in [3.63, 3.8) is 0 Å². The number of alkyl carbamates (subject to hydrolysis) is 1. The van der Waals surface area contributed by atoms with E-state index in [1.807, 2.05) is 0 Å². The minimum Gasteiger partial charge on any atom is -0.443 e. The van der Waals surface area contributed by atoms with E-state index in [2.05, 4.69) is 21.3 Å². The van der Waals surface area contributed by atoms with Gasteiger partial charge >= 0.3 is 6.09 Å². The van der Waals surface area contributed by atoms with Crippen LogP contribution in [0.4, 0.5) is 9.18 Å². The number of rotatable bonds is 4. The summed E-state index contributed by atoms with van der Waals surface area (Å²) in [6.07, 6.45) is 5.78. The van der Waals surface area contributed by atoms with Gasteiger partial charge in [-0.25, -0.2) is 9.18 Å². The fourth-order valence-electron chi connectivity index (χ4n) is 5.10. The van der Waals surface area contributed by atoms with Crippen molar-refractivity contribution in [2.24, 2.45) is 17.8 Å². The summed E-state index contributed by atoms with van der Waals surface area (Å²) in [4.78, 5) is 23.9. The molecule has 4 aliphatic rings. The van der Waals surface area contributed by atoms with Gasteiger partial charge in [-0.15, -0.1) is 0 Å². The molecule has 7 unspecified atom stereocenters. The molecule has 1 saturated carbocycles. The number of carbonyl (C=O) groups excluding carboxylic acids is 2. The van der Waals surface area contributed by atoms with Gasteiger partial charge in [0, 0.05) is 13.0 Å². The molecule has 4 rings (SSSR count). The van der Waals surface area contributed by atoms with Gasteiger partial charge in [0.15, 0.2) is 0 Å². The lowest BCUT2D eigenvalue weighted by molar-refractivity contribution is -0.128. The van der Waals surface area contributed by atoms with E-state index in [0.717, 1.165) is 51.5 Å². The van der Waals surface area contributed by atoms with Gasteiger partial charge < -0.3 is 15.4 Å². The first-order valence-electron chi connectivity index (χ1n) is 10.4. The van der Waals surface area contributed by atoms with Crippen LogP contribution in [0.2, 0.25) is 0 Å². The second-order valence-corrected chi connectivity index (χ2v) is 8.69. The number of nitrogens with one attached hydrogen (secondary N) is 4. The molecular weight excluding hydrogens is 351 g/mol. The van der Waals surface area contributed by atoms with Gasteiger partial charge in [0.1, 0.15) is 18.4 Å². The maximum absolute atomic E-state index is 13.6. The van der Waals surface area contributed by atoms with Crippen molar-refractivity contribution in [2.45, 2.75) is 76.0 Å². The molecule has 0 aromatic rings. The van der Waals surface area contributed by atoms with Crippen molar-refractivity contribution in [3.05, 3.63) is 0 Å². The van der Waals surface area contributed by atoms with E-state index in [1.54, 1.807) is 0 Å². The van der Waals surface area contributed by atoms with Crippen LogP contribution in [0, 0.1) is 17.8 Å². The summed E-state index contributed by atoms with van der Waals surface area (Å²) in [5.41, 5.74) is 0. The van der Waals surface area contributed by atoms with Gasteiger partial charge in [0.25, 0.3) is 0 Å². The SMILES string of the molecule is O=C1NC2NCC(C(=O)NC3CCC(CC4CCCC(F)C4)CN3)CC2O1. The predicted molar refractivity (Wildman–Crippen MR) is 97.4 cm³/mol. The fourth-order valence-corrected chi connectivity index (χ4v) is 5.10. The van der Waals surface area contributed by atoms with Gasteiger partial charge in [0.05, 0.1) is 12.1 Å². The Labute approximate surface area is 159 Å². The highest BCUT2D eigenvalue weighted by molar-refractivity contribution is 5.79. The molecular formula is C19H31FN4O3. The zero-order valence-electron chi connectivity index (χ0n) is 15.7. The van der Waals surface area contributed by atoms with Crippen LogP contribution in [0.3, 0.4) is 0 Å². The maximum atomic E-state index is 13.6. The Morgan fingerprint density at radius 2 is 2.00 bits per heavy atom. The quantitative estimate of drug-likeness (QED) is 0.590. The molecule has 7 nitrogen and oxygen atoms in total. The van der Waals surface area contributed by atoms with Gasteiger partial charge in [-0.3, -0.25) is 15.4 Å². The Morgan fingerprint density at radius 1 is 1.11 bits per heavy atom. The molecule has 7 atom stereocenters. The molecule has 3 aliphatic heterocycles. The monoisotopic (exact) mass is 382 g/mol. The third-order valence-corrected chi connectivity index (χ3v) is 6.59. The molecule has 0 radical (unpaired) electrons. The number of carbonyl (C=O) groups is 2. The minimum atomic E-state index is -0.606. The van der Waals surface area contributed by atoms with Crippen LogP contribution in [-0.2, 0) is 9.53 Å².